The molecule has 0 radical (unpaired) electrons. The molecule has 7 nitrogen and oxygen atoms in total. The standard InChI is InChI=1S/C20H23FN4O3S/c1-29(27,28)25-8-6-15(7-9-25)14-2-4-18(5-3-14)23-20(26)24-12-16-10-17(21)11-22-19(16)13-24/h2-5,10-11,15H,6-9,12-13H2,1H3,(H,23,26). The van der Waals surface area contributed by atoms with Crippen molar-refractivity contribution in [3.05, 3.63) is 59.2 Å². The molecule has 3 heterocycles. The Balaban J connectivity index is 1.34. The van der Waals surface area contributed by atoms with Crippen molar-refractivity contribution in [2.75, 3.05) is 24.7 Å². The lowest BCUT2D eigenvalue weighted by Crippen LogP contribution is -2.37. The Kier molecular flexibility index (Phi) is 5.26. The van der Waals surface area contributed by atoms with E-state index in [1.54, 1.807) is 4.90 Å². The van der Waals surface area contributed by atoms with E-state index in [4.69, 9.17) is 0 Å². The number of pyridine rings is 1. The molecule has 1 N–H and O–H groups in total. The third kappa shape index (κ3) is 4.40. The molecular weight excluding hydrogens is 395 g/mol. The average Bonchev–Trinajstić information content (AvgIpc) is 3.11. The number of aromatic nitrogens is 1. The summed E-state index contributed by atoms with van der Waals surface area (Å²) in [6.07, 6.45) is 3.98. The number of fused-ring (bicyclic) bond motifs is 1. The first-order chi connectivity index (χ1) is 13.8. The number of hydrogen-bond acceptors (Lipinski definition) is 4. The Bertz CT molecular complexity index is 1020. The minimum absolute atomic E-state index is 0.252. The molecule has 1 saturated heterocycles. The molecule has 2 amide bonds. The Morgan fingerprint density at radius 3 is 2.52 bits per heavy atom. The molecule has 1 aromatic heterocycles. The van der Waals surface area contributed by atoms with E-state index in [0.29, 0.717) is 37.8 Å². The van der Waals surface area contributed by atoms with Crippen molar-refractivity contribution in [3.63, 3.8) is 0 Å². The number of carbonyl (C=O) groups is 1. The number of nitrogens with zero attached hydrogens (tertiary/aromatic N) is 3. The lowest BCUT2D eigenvalue weighted by Gasteiger charge is -2.30. The van der Waals surface area contributed by atoms with Crippen LogP contribution in [0.5, 0.6) is 0 Å². The van der Waals surface area contributed by atoms with Gasteiger partial charge in [-0.25, -0.2) is 21.9 Å². The summed E-state index contributed by atoms with van der Waals surface area (Å²) < 4.78 is 38.1. The Morgan fingerprint density at radius 1 is 1.17 bits per heavy atom. The number of rotatable bonds is 3. The van der Waals surface area contributed by atoms with Crippen LogP contribution >= 0.6 is 0 Å². The van der Waals surface area contributed by atoms with E-state index in [1.807, 2.05) is 24.3 Å². The summed E-state index contributed by atoms with van der Waals surface area (Å²) in [5.74, 6) is -0.0872. The summed E-state index contributed by atoms with van der Waals surface area (Å²) in [6.45, 7) is 1.76. The van der Waals surface area contributed by atoms with Gasteiger partial charge < -0.3 is 10.2 Å². The van der Waals surface area contributed by atoms with Crippen molar-refractivity contribution in [1.29, 1.82) is 0 Å². The van der Waals surface area contributed by atoms with Crippen LogP contribution in [0.4, 0.5) is 14.9 Å². The minimum Gasteiger partial charge on any atom is -0.314 e. The van der Waals surface area contributed by atoms with Crippen LogP contribution < -0.4 is 5.32 Å². The summed E-state index contributed by atoms with van der Waals surface area (Å²) in [5, 5.41) is 2.87. The van der Waals surface area contributed by atoms with E-state index in [1.165, 1.54) is 22.8 Å². The molecule has 2 aromatic rings. The number of urea groups is 1. The molecule has 1 fully saturated rings. The zero-order chi connectivity index (χ0) is 20.6. The molecule has 0 aliphatic carbocycles. The second-order valence-corrected chi connectivity index (χ2v) is 9.59. The Morgan fingerprint density at radius 2 is 1.86 bits per heavy atom. The maximum atomic E-state index is 13.3. The SMILES string of the molecule is CS(=O)(=O)N1CCC(c2ccc(NC(=O)N3Cc4cc(F)cnc4C3)cc2)CC1. The van der Waals surface area contributed by atoms with Crippen molar-refractivity contribution in [2.45, 2.75) is 31.8 Å². The van der Waals surface area contributed by atoms with E-state index >= 15 is 0 Å². The molecule has 1 aromatic carbocycles. The summed E-state index contributed by atoms with van der Waals surface area (Å²) in [5.41, 5.74) is 3.28. The topological polar surface area (TPSA) is 82.6 Å². The largest absolute Gasteiger partial charge is 0.322 e. The Labute approximate surface area is 169 Å². The van der Waals surface area contributed by atoms with Crippen molar-refractivity contribution >= 4 is 21.7 Å². The van der Waals surface area contributed by atoms with Crippen molar-refractivity contribution in [2.24, 2.45) is 0 Å². The number of sulfonamides is 1. The molecule has 4 rings (SSSR count). The lowest BCUT2D eigenvalue weighted by molar-refractivity contribution is 0.212. The zero-order valence-electron chi connectivity index (χ0n) is 16.1. The van der Waals surface area contributed by atoms with Crippen LogP contribution in [0.25, 0.3) is 0 Å². The van der Waals surface area contributed by atoms with Crippen molar-refractivity contribution in [3.8, 4) is 0 Å². The van der Waals surface area contributed by atoms with Gasteiger partial charge in [0.1, 0.15) is 5.82 Å². The van der Waals surface area contributed by atoms with E-state index in [9.17, 15) is 17.6 Å². The smallest absolute Gasteiger partial charge is 0.314 e. The highest BCUT2D eigenvalue weighted by atomic mass is 32.2. The van der Waals surface area contributed by atoms with Crippen molar-refractivity contribution < 1.29 is 17.6 Å². The predicted octanol–water partition coefficient (Wildman–Crippen LogP) is 2.91. The van der Waals surface area contributed by atoms with Crippen LogP contribution in [0.15, 0.2) is 36.5 Å². The third-order valence-corrected chi connectivity index (χ3v) is 6.88. The highest BCUT2D eigenvalue weighted by Crippen LogP contribution is 2.30. The van der Waals surface area contributed by atoms with Gasteiger partial charge in [-0.2, -0.15) is 0 Å². The highest BCUT2D eigenvalue weighted by molar-refractivity contribution is 7.88. The zero-order valence-corrected chi connectivity index (χ0v) is 17.0. The quantitative estimate of drug-likeness (QED) is 0.831. The fraction of sp³-hybridized carbons (Fsp3) is 0.400. The van der Waals surface area contributed by atoms with Gasteiger partial charge in [-0.05, 0) is 48.1 Å². The molecule has 0 bridgehead atoms. The summed E-state index contributed by atoms with van der Waals surface area (Å²) >= 11 is 0. The van der Waals surface area contributed by atoms with Gasteiger partial charge in [0.25, 0.3) is 0 Å². The fourth-order valence-corrected chi connectivity index (χ4v) is 4.81. The maximum absolute atomic E-state index is 13.3. The number of amides is 2. The van der Waals surface area contributed by atoms with Crippen LogP contribution in [0.3, 0.4) is 0 Å². The van der Waals surface area contributed by atoms with Crippen molar-refractivity contribution in [1.82, 2.24) is 14.2 Å². The number of hydrogen-bond donors (Lipinski definition) is 1. The summed E-state index contributed by atoms with van der Waals surface area (Å²) in [4.78, 5) is 18.1. The van der Waals surface area contributed by atoms with E-state index < -0.39 is 15.8 Å². The van der Waals surface area contributed by atoms with Gasteiger partial charge in [0.15, 0.2) is 0 Å². The van der Waals surface area contributed by atoms with E-state index in [-0.39, 0.29) is 6.03 Å². The lowest BCUT2D eigenvalue weighted by atomic mass is 9.90. The molecule has 29 heavy (non-hydrogen) atoms. The first kappa shape index (κ1) is 19.8. The van der Waals surface area contributed by atoms with Crippen LogP contribution in [-0.2, 0) is 23.1 Å². The number of benzene rings is 1. The molecule has 0 atom stereocenters. The summed E-state index contributed by atoms with van der Waals surface area (Å²) in [6, 6.07) is 8.84. The molecule has 9 heteroatoms. The summed E-state index contributed by atoms with van der Waals surface area (Å²) in [7, 11) is -3.13. The second-order valence-electron chi connectivity index (χ2n) is 7.60. The number of piperidine rings is 1. The number of carbonyl (C=O) groups excluding carboxylic acids is 1. The maximum Gasteiger partial charge on any atom is 0.322 e. The predicted molar refractivity (Wildman–Crippen MR) is 107 cm³/mol. The molecule has 154 valence electrons. The Hall–Kier alpha value is -2.52. The van der Waals surface area contributed by atoms with Crippen LogP contribution in [0.2, 0.25) is 0 Å². The number of anilines is 1. The van der Waals surface area contributed by atoms with Gasteiger partial charge in [-0.3, -0.25) is 4.98 Å². The number of nitrogens with one attached hydrogen (secondary N) is 1. The first-order valence-corrected chi connectivity index (χ1v) is 11.4. The van der Waals surface area contributed by atoms with Gasteiger partial charge in [0.2, 0.25) is 10.0 Å². The van der Waals surface area contributed by atoms with Gasteiger partial charge >= 0.3 is 6.03 Å². The number of halogens is 1. The molecule has 0 saturated carbocycles. The van der Waals surface area contributed by atoms with Gasteiger partial charge in [0.05, 0.1) is 24.7 Å². The molecule has 0 spiro atoms. The van der Waals surface area contributed by atoms with Crippen LogP contribution in [0.1, 0.15) is 35.6 Å². The average molecular weight is 418 g/mol. The minimum atomic E-state index is -3.13. The van der Waals surface area contributed by atoms with E-state index in [0.717, 1.165) is 29.7 Å². The van der Waals surface area contributed by atoms with Crippen LogP contribution in [-0.4, -0.2) is 48.0 Å². The van der Waals surface area contributed by atoms with Gasteiger partial charge in [-0.15, -0.1) is 0 Å². The van der Waals surface area contributed by atoms with E-state index in [2.05, 4.69) is 10.3 Å². The van der Waals surface area contributed by atoms with Crippen LogP contribution in [0, 0.1) is 5.82 Å². The molecular formula is C20H23FN4O3S. The molecule has 2 aliphatic heterocycles. The first-order valence-electron chi connectivity index (χ1n) is 9.54. The normalized spacial score (nSPS) is 17.9. The van der Waals surface area contributed by atoms with Gasteiger partial charge in [0, 0.05) is 25.3 Å². The van der Waals surface area contributed by atoms with Gasteiger partial charge in [-0.1, -0.05) is 12.1 Å². The fourth-order valence-electron chi connectivity index (χ4n) is 3.94. The second kappa shape index (κ2) is 7.72. The molecule has 2 aliphatic rings. The molecule has 0 unspecified atom stereocenters. The third-order valence-electron chi connectivity index (χ3n) is 5.57. The monoisotopic (exact) mass is 418 g/mol. The highest BCUT2D eigenvalue weighted by Gasteiger charge is 2.27.